The molecule has 2 aliphatic heterocycles. The van der Waals surface area contributed by atoms with Crippen molar-refractivity contribution < 1.29 is 33.6 Å². The first-order chi connectivity index (χ1) is 23.8. The molecule has 1 saturated heterocycles. The molecule has 2 fully saturated rings. The largest absolute Gasteiger partial charge is 0.363 e. The number of hydrogen-bond donors (Lipinski definition) is 4. The van der Waals surface area contributed by atoms with Crippen LogP contribution < -0.4 is 21.7 Å². The van der Waals surface area contributed by atoms with E-state index in [1.54, 1.807) is 24.3 Å². The number of nitrogens with one attached hydrogen (secondary N) is 3. The summed E-state index contributed by atoms with van der Waals surface area (Å²) >= 11 is 0. The number of fused-ring (bicyclic) bond motifs is 1. The Balaban J connectivity index is 1.53. The molecule has 4 rings (SSSR count). The Morgan fingerprint density at radius 3 is 1.98 bits per heavy atom. The second-order valence-corrected chi connectivity index (χ2v) is 16.6. The van der Waals surface area contributed by atoms with Crippen molar-refractivity contribution in [1.29, 1.82) is 0 Å². The standard InChI is InChI=1S/C38H56N6O7/c1-8-9-15-23-18-19-43(28(23)32(47)40-26(29(45)31(39)46)20-22-13-12-14-22)35(50)30(38(5,6)7)42-36(51)41-27(37(2,3)4)21-44-33(48)24-16-10-11-17-25(24)34(44)49/h10-11,16-17,22-23,26-28,30H,8-9,12-15,18-21H2,1-7H3,(H2,39,46)(H,40,47)(H2,41,42,51)/t23-,26?,27+,28-,30+/m0/s1. The minimum absolute atomic E-state index is 0.0725. The fourth-order valence-electron chi connectivity index (χ4n) is 7.22. The van der Waals surface area contributed by atoms with Gasteiger partial charge >= 0.3 is 6.03 Å². The van der Waals surface area contributed by atoms with E-state index in [1.165, 1.54) is 4.90 Å². The minimum Gasteiger partial charge on any atom is -0.363 e. The molecule has 51 heavy (non-hydrogen) atoms. The maximum absolute atomic E-state index is 14.5. The molecule has 3 aliphatic rings. The van der Waals surface area contributed by atoms with Crippen molar-refractivity contribution in [2.75, 3.05) is 13.1 Å². The van der Waals surface area contributed by atoms with Gasteiger partial charge in [0.1, 0.15) is 12.1 Å². The lowest BCUT2D eigenvalue weighted by molar-refractivity contribution is -0.144. The number of carbonyl (C=O) groups excluding carboxylic acids is 7. The van der Waals surface area contributed by atoms with Crippen molar-refractivity contribution in [3.05, 3.63) is 35.4 Å². The number of unbranched alkanes of at least 4 members (excludes halogenated alkanes) is 1. The van der Waals surface area contributed by atoms with Gasteiger partial charge in [-0.05, 0) is 54.1 Å². The van der Waals surface area contributed by atoms with Gasteiger partial charge in [-0.1, -0.05) is 92.7 Å². The predicted molar refractivity (Wildman–Crippen MR) is 191 cm³/mol. The Labute approximate surface area is 301 Å². The molecule has 5 atom stereocenters. The van der Waals surface area contributed by atoms with Gasteiger partial charge in [0.25, 0.3) is 17.7 Å². The van der Waals surface area contributed by atoms with Crippen LogP contribution in [-0.2, 0) is 19.2 Å². The summed E-state index contributed by atoms with van der Waals surface area (Å²) in [6.07, 6.45) is 6.13. The van der Waals surface area contributed by atoms with Crippen LogP contribution in [0.25, 0.3) is 0 Å². The monoisotopic (exact) mass is 708 g/mol. The Bertz CT molecular complexity index is 1490. The summed E-state index contributed by atoms with van der Waals surface area (Å²) in [7, 11) is 0. The molecule has 13 heteroatoms. The summed E-state index contributed by atoms with van der Waals surface area (Å²) in [5, 5.41) is 8.58. The number of carbonyl (C=O) groups is 7. The lowest BCUT2D eigenvalue weighted by Gasteiger charge is -2.38. The Morgan fingerprint density at radius 1 is 0.882 bits per heavy atom. The smallest absolute Gasteiger partial charge is 0.315 e. The Morgan fingerprint density at radius 2 is 1.49 bits per heavy atom. The van der Waals surface area contributed by atoms with E-state index in [1.807, 2.05) is 48.5 Å². The molecule has 1 aromatic carbocycles. The first-order valence-electron chi connectivity index (χ1n) is 18.3. The number of rotatable bonds is 14. The molecular formula is C38H56N6O7. The SMILES string of the molecule is CCCC[C@H]1CCN(C(=O)[C@@H](NC(=O)N[C@H](CN2C(=O)c3ccccc3C2=O)C(C)(C)C)C(C)(C)C)[C@@H]1C(=O)NC(CC1CCC1)C(=O)C(N)=O. The third-order valence-electron chi connectivity index (χ3n) is 10.7. The number of nitrogens with two attached hydrogens (primary N) is 1. The first-order valence-corrected chi connectivity index (χ1v) is 18.3. The van der Waals surface area contributed by atoms with Crippen molar-refractivity contribution in [3.8, 4) is 0 Å². The average Bonchev–Trinajstić information content (AvgIpc) is 3.56. The normalized spacial score (nSPS) is 21.0. The number of benzene rings is 1. The number of urea groups is 1. The molecule has 1 saturated carbocycles. The number of Topliss-reactive ketones (excluding diaryl/α,β-unsaturated/α-hetero) is 1. The zero-order valence-electron chi connectivity index (χ0n) is 31.2. The van der Waals surface area contributed by atoms with Gasteiger partial charge in [-0.25, -0.2) is 4.79 Å². The second-order valence-electron chi connectivity index (χ2n) is 16.6. The quantitative estimate of drug-likeness (QED) is 0.168. The van der Waals surface area contributed by atoms with Gasteiger partial charge < -0.3 is 26.6 Å². The summed E-state index contributed by atoms with van der Waals surface area (Å²) < 4.78 is 0. The predicted octanol–water partition coefficient (Wildman–Crippen LogP) is 3.55. The highest BCUT2D eigenvalue weighted by molar-refractivity contribution is 6.37. The van der Waals surface area contributed by atoms with Crippen LogP contribution >= 0.6 is 0 Å². The van der Waals surface area contributed by atoms with E-state index >= 15 is 0 Å². The Hall–Kier alpha value is -4.29. The molecule has 1 unspecified atom stereocenters. The lowest BCUT2D eigenvalue weighted by atomic mass is 9.80. The van der Waals surface area contributed by atoms with Crippen LogP contribution in [0.2, 0.25) is 0 Å². The van der Waals surface area contributed by atoms with Crippen molar-refractivity contribution >= 4 is 41.4 Å². The molecule has 0 bridgehead atoms. The first kappa shape index (κ1) is 39.5. The van der Waals surface area contributed by atoms with E-state index in [0.29, 0.717) is 30.4 Å². The summed E-state index contributed by atoms with van der Waals surface area (Å²) in [6.45, 7) is 13.3. The molecular weight excluding hydrogens is 652 g/mol. The van der Waals surface area contributed by atoms with Gasteiger partial charge in [0.15, 0.2) is 0 Å². The average molecular weight is 709 g/mol. The number of amides is 7. The van der Waals surface area contributed by atoms with Crippen LogP contribution in [0.1, 0.15) is 121 Å². The summed E-state index contributed by atoms with van der Waals surface area (Å²) in [5.41, 5.74) is 4.61. The van der Waals surface area contributed by atoms with Gasteiger partial charge in [0, 0.05) is 6.54 Å². The fourth-order valence-corrected chi connectivity index (χ4v) is 7.22. The number of imide groups is 1. The summed E-state index contributed by atoms with van der Waals surface area (Å²) in [4.78, 5) is 95.9. The fraction of sp³-hybridized carbons (Fsp3) is 0.658. The van der Waals surface area contributed by atoms with Crippen LogP contribution in [-0.4, -0.2) is 88.4 Å². The third-order valence-corrected chi connectivity index (χ3v) is 10.7. The van der Waals surface area contributed by atoms with E-state index in [0.717, 1.165) is 37.0 Å². The van der Waals surface area contributed by atoms with Crippen LogP contribution in [0.4, 0.5) is 4.79 Å². The van der Waals surface area contributed by atoms with Crippen molar-refractivity contribution in [3.63, 3.8) is 0 Å². The van der Waals surface area contributed by atoms with E-state index < -0.39 is 76.3 Å². The molecule has 0 aromatic heterocycles. The number of likely N-dealkylation sites (tertiary alicyclic amines) is 1. The van der Waals surface area contributed by atoms with Gasteiger partial charge in [0.2, 0.25) is 17.6 Å². The second kappa shape index (κ2) is 15.9. The number of ketones is 1. The van der Waals surface area contributed by atoms with Crippen LogP contribution in [0.15, 0.2) is 24.3 Å². The summed E-state index contributed by atoms with van der Waals surface area (Å²) in [6, 6.07) is 2.23. The maximum Gasteiger partial charge on any atom is 0.315 e. The number of hydrogen-bond acceptors (Lipinski definition) is 7. The van der Waals surface area contributed by atoms with Crippen LogP contribution in [0.3, 0.4) is 0 Å². The van der Waals surface area contributed by atoms with E-state index in [4.69, 9.17) is 5.73 Å². The van der Waals surface area contributed by atoms with Gasteiger partial charge in [0.05, 0.1) is 29.8 Å². The molecule has 7 amide bonds. The molecule has 2 heterocycles. The van der Waals surface area contributed by atoms with E-state index in [-0.39, 0.29) is 24.9 Å². The summed E-state index contributed by atoms with van der Waals surface area (Å²) in [5.74, 6) is -3.75. The zero-order valence-corrected chi connectivity index (χ0v) is 31.2. The topological polar surface area (TPSA) is 188 Å². The third kappa shape index (κ3) is 9.15. The molecule has 0 radical (unpaired) electrons. The van der Waals surface area contributed by atoms with Crippen LogP contribution in [0.5, 0.6) is 0 Å². The maximum atomic E-state index is 14.5. The molecule has 5 N–H and O–H groups in total. The zero-order chi connectivity index (χ0) is 37.8. The van der Waals surface area contributed by atoms with Gasteiger partial charge in [-0.2, -0.15) is 0 Å². The molecule has 280 valence electrons. The van der Waals surface area contributed by atoms with E-state index in [9.17, 15) is 33.6 Å². The van der Waals surface area contributed by atoms with Gasteiger partial charge in [-0.3, -0.25) is 33.7 Å². The highest BCUT2D eigenvalue weighted by Crippen LogP contribution is 2.34. The van der Waals surface area contributed by atoms with Crippen molar-refractivity contribution in [2.45, 2.75) is 124 Å². The van der Waals surface area contributed by atoms with Gasteiger partial charge in [-0.15, -0.1) is 0 Å². The highest BCUT2D eigenvalue weighted by atomic mass is 16.2. The number of nitrogens with zero attached hydrogens (tertiary/aromatic N) is 2. The van der Waals surface area contributed by atoms with Crippen molar-refractivity contribution in [2.24, 2.45) is 28.4 Å². The van der Waals surface area contributed by atoms with E-state index in [2.05, 4.69) is 16.0 Å². The molecule has 1 aromatic rings. The highest BCUT2D eigenvalue weighted by Gasteiger charge is 2.47. The number of primary amides is 1. The molecule has 1 aliphatic carbocycles. The lowest BCUT2D eigenvalue weighted by Crippen LogP contribution is -2.62. The Kier molecular flexibility index (Phi) is 12.3. The molecule has 0 spiro atoms. The van der Waals surface area contributed by atoms with Crippen molar-refractivity contribution in [1.82, 2.24) is 25.8 Å². The minimum atomic E-state index is -1.11. The molecule has 13 nitrogen and oxygen atoms in total. The van der Waals surface area contributed by atoms with Crippen LogP contribution in [0, 0.1) is 22.7 Å².